The fourth-order valence-electron chi connectivity index (χ4n) is 5.37. The summed E-state index contributed by atoms with van der Waals surface area (Å²) in [6.45, 7) is 0. The fourth-order valence-corrected chi connectivity index (χ4v) is 5.37. The van der Waals surface area contributed by atoms with Crippen LogP contribution in [0.4, 0.5) is 0 Å². The Bertz CT molecular complexity index is 512. The van der Waals surface area contributed by atoms with Gasteiger partial charge in [-0.2, -0.15) is 0 Å². The average molecular weight is 271 g/mol. The number of pyridine rings is 1. The second kappa shape index (κ2) is 4.57. The number of nitrogens with zero attached hydrogens (tertiary/aromatic N) is 1. The van der Waals surface area contributed by atoms with E-state index in [0.717, 1.165) is 34.9 Å². The molecule has 0 spiro atoms. The zero-order valence-electron chi connectivity index (χ0n) is 11.7. The van der Waals surface area contributed by atoms with Gasteiger partial charge in [0.15, 0.2) is 0 Å². The van der Waals surface area contributed by atoms with Crippen molar-refractivity contribution in [1.82, 2.24) is 4.98 Å². The molecule has 0 atom stereocenters. The maximum Gasteiger partial charge on any atom is 0.307 e. The predicted molar refractivity (Wildman–Crippen MR) is 75.4 cm³/mol. The van der Waals surface area contributed by atoms with Crippen LogP contribution in [0.25, 0.3) is 0 Å². The first-order valence-electron chi connectivity index (χ1n) is 7.85. The Kier molecular flexibility index (Phi) is 2.83. The molecule has 1 N–H and O–H groups in total. The summed E-state index contributed by atoms with van der Waals surface area (Å²) in [5, 5.41) is 8.95. The van der Waals surface area contributed by atoms with Gasteiger partial charge < -0.3 is 5.11 Å². The molecule has 0 aliphatic heterocycles. The molecule has 106 valence electrons. The summed E-state index contributed by atoms with van der Waals surface area (Å²) in [7, 11) is 0. The van der Waals surface area contributed by atoms with Gasteiger partial charge in [-0.25, -0.2) is 0 Å². The van der Waals surface area contributed by atoms with Crippen molar-refractivity contribution >= 4 is 5.97 Å². The molecule has 0 radical (unpaired) electrons. The lowest BCUT2D eigenvalue weighted by atomic mass is 9.51. The maximum absolute atomic E-state index is 10.9. The summed E-state index contributed by atoms with van der Waals surface area (Å²) < 4.78 is 0. The smallest absolute Gasteiger partial charge is 0.307 e. The highest BCUT2D eigenvalue weighted by Crippen LogP contribution is 2.59. The molecule has 0 saturated heterocycles. The lowest BCUT2D eigenvalue weighted by molar-refractivity contribution is -0.136. The first kappa shape index (κ1) is 12.4. The molecule has 0 unspecified atom stereocenters. The molecule has 0 amide bonds. The molecule has 4 fully saturated rings. The van der Waals surface area contributed by atoms with E-state index in [4.69, 9.17) is 5.11 Å². The molecule has 4 aliphatic carbocycles. The quantitative estimate of drug-likeness (QED) is 0.918. The van der Waals surface area contributed by atoms with Crippen LogP contribution < -0.4 is 0 Å². The number of rotatable bonds is 3. The van der Waals surface area contributed by atoms with Gasteiger partial charge in [0.2, 0.25) is 0 Å². The molecular weight excluding hydrogens is 250 g/mol. The third kappa shape index (κ3) is 2.04. The summed E-state index contributed by atoms with van der Waals surface area (Å²) in [4.78, 5) is 15.5. The number of hydrogen-bond acceptors (Lipinski definition) is 2. The largest absolute Gasteiger partial charge is 0.481 e. The highest BCUT2D eigenvalue weighted by atomic mass is 16.4. The maximum atomic E-state index is 10.9. The standard InChI is InChI=1S/C17H21NO2/c19-16(20)9-10-1-2-18-15(8-10)17-13-4-11-3-12(6-13)7-14(17)5-11/h1-2,8,11-14,17H,3-7,9H2,(H,19,20). The lowest BCUT2D eigenvalue weighted by Crippen LogP contribution is -2.44. The van der Waals surface area contributed by atoms with Gasteiger partial charge in [-0.05, 0) is 73.5 Å². The van der Waals surface area contributed by atoms with Crippen LogP contribution in [-0.2, 0) is 11.2 Å². The molecular formula is C17H21NO2. The summed E-state index contributed by atoms with van der Waals surface area (Å²) in [6, 6.07) is 3.90. The summed E-state index contributed by atoms with van der Waals surface area (Å²) >= 11 is 0. The van der Waals surface area contributed by atoms with E-state index in [1.807, 2.05) is 6.07 Å². The van der Waals surface area contributed by atoms with Crippen LogP contribution in [-0.4, -0.2) is 16.1 Å². The third-order valence-electron chi connectivity index (χ3n) is 5.77. The number of carboxylic acids is 1. The number of carboxylic acid groups (broad SMARTS) is 1. The second-order valence-electron chi connectivity index (χ2n) is 7.12. The van der Waals surface area contributed by atoms with Crippen LogP contribution in [0, 0.1) is 23.7 Å². The minimum Gasteiger partial charge on any atom is -0.481 e. The molecule has 4 bridgehead atoms. The highest BCUT2D eigenvalue weighted by Gasteiger charge is 2.49. The Labute approximate surface area is 119 Å². The van der Waals surface area contributed by atoms with E-state index >= 15 is 0 Å². The zero-order valence-corrected chi connectivity index (χ0v) is 11.7. The summed E-state index contributed by atoms with van der Waals surface area (Å²) in [5.41, 5.74) is 2.06. The molecule has 5 rings (SSSR count). The van der Waals surface area contributed by atoms with Crippen LogP contribution >= 0.6 is 0 Å². The normalized spacial score (nSPS) is 38.1. The van der Waals surface area contributed by atoms with Crippen molar-refractivity contribution in [2.75, 3.05) is 0 Å². The molecule has 1 aromatic rings. The average Bonchev–Trinajstić information content (AvgIpc) is 2.37. The molecule has 0 aromatic carbocycles. The Morgan fingerprint density at radius 1 is 1.15 bits per heavy atom. The molecule has 20 heavy (non-hydrogen) atoms. The van der Waals surface area contributed by atoms with Crippen LogP contribution in [0.3, 0.4) is 0 Å². The van der Waals surface area contributed by atoms with Crippen molar-refractivity contribution in [3.63, 3.8) is 0 Å². The van der Waals surface area contributed by atoms with Gasteiger partial charge in [0.25, 0.3) is 0 Å². The Balaban J connectivity index is 1.62. The molecule has 1 heterocycles. The second-order valence-corrected chi connectivity index (χ2v) is 7.12. The molecule has 1 aromatic heterocycles. The minimum atomic E-state index is -0.757. The Morgan fingerprint density at radius 2 is 1.80 bits per heavy atom. The van der Waals surface area contributed by atoms with E-state index in [0.29, 0.717) is 5.92 Å². The third-order valence-corrected chi connectivity index (χ3v) is 5.77. The first-order chi connectivity index (χ1) is 9.69. The van der Waals surface area contributed by atoms with Crippen molar-refractivity contribution in [3.05, 3.63) is 29.6 Å². The van der Waals surface area contributed by atoms with E-state index < -0.39 is 5.97 Å². The topological polar surface area (TPSA) is 50.2 Å². The number of aromatic nitrogens is 1. The van der Waals surface area contributed by atoms with E-state index in [2.05, 4.69) is 11.1 Å². The SMILES string of the molecule is O=C(O)Cc1ccnc(C2C3CC4CC(C3)CC2C4)c1. The van der Waals surface area contributed by atoms with Gasteiger partial charge in [0.05, 0.1) is 6.42 Å². The van der Waals surface area contributed by atoms with Crippen molar-refractivity contribution in [2.45, 2.75) is 44.4 Å². The molecule has 3 nitrogen and oxygen atoms in total. The van der Waals surface area contributed by atoms with E-state index in [-0.39, 0.29) is 6.42 Å². The predicted octanol–water partition coefficient (Wildman–Crippen LogP) is 3.25. The lowest BCUT2D eigenvalue weighted by Gasteiger charge is -2.54. The Hall–Kier alpha value is -1.38. The van der Waals surface area contributed by atoms with Crippen molar-refractivity contribution in [3.8, 4) is 0 Å². The highest BCUT2D eigenvalue weighted by molar-refractivity contribution is 5.70. The van der Waals surface area contributed by atoms with E-state index in [1.54, 1.807) is 6.20 Å². The Morgan fingerprint density at radius 3 is 2.40 bits per heavy atom. The van der Waals surface area contributed by atoms with Gasteiger partial charge in [-0.3, -0.25) is 9.78 Å². The van der Waals surface area contributed by atoms with Crippen molar-refractivity contribution in [2.24, 2.45) is 23.7 Å². The molecule has 4 saturated carbocycles. The molecule has 3 heteroatoms. The van der Waals surface area contributed by atoms with E-state index in [1.165, 1.54) is 32.1 Å². The molecule has 4 aliphatic rings. The number of carbonyl (C=O) groups is 1. The van der Waals surface area contributed by atoms with Crippen LogP contribution in [0.2, 0.25) is 0 Å². The van der Waals surface area contributed by atoms with Crippen molar-refractivity contribution in [1.29, 1.82) is 0 Å². The van der Waals surface area contributed by atoms with Crippen LogP contribution in [0.1, 0.15) is 49.3 Å². The summed E-state index contributed by atoms with van der Waals surface area (Å²) in [6.07, 6.45) is 8.89. The van der Waals surface area contributed by atoms with Gasteiger partial charge in [-0.1, -0.05) is 0 Å². The monoisotopic (exact) mass is 271 g/mol. The van der Waals surface area contributed by atoms with Gasteiger partial charge in [0.1, 0.15) is 0 Å². The van der Waals surface area contributed by atoms with Gasteiger partial charge in [-0.15, -0.1) is 0 Å². The fraction of sp³-hybridized carbons (Fsp3) is 0.647. The van der Waals surface area contributed by atoms with Crippen LogP contribution in [0.5, 0.6) is 0 Å². The zero-order chi connectivity index (χ0) is 13.7. The number of aliphatic carboxylic acids is 1. The van der Waals surface area contributed by atoms with Crippen LogP contribution in [0.15, 0.2) is 18.3 Å². The van der Waals surface area contributed by atoms with E-state index in [9.17, 15) is 4.79 Å². The summed E-state index contributed by atoms with van der Waals surface area (Å²) in [5.74, 6) is 3.38. The van der Waals surface area contributed by atoms with Crippen molar-refractivity contribution < 1.29 is 9.90 Å². The van der Waals surface area contributed by atoms with Gasteiger partial charge >= 0.3 is 5.97 Å². The van der Waals surface area contributed by atoms with Gasteiger partial charge in [0, 0.05) is 17.8 Å². The number of hydrogen-bond donors (Lipinski definition) is 1. The first-order valence-corrected chi connectivity index (χ1v) is 7.85. The minimum absolute atomic E-state index is 0.114.